The predicted octanol–water partition coefficient (Wildman–Crippen LogP) is 2.08. The number of likely N-dealkylation sites (tertiary alicyclic amines) is 1. The number of nitrogens with one attached hydrogen (secondary N) is 2. The largest absolute Gasteiger partial charge is 0.354 e. The lowest BCUT2D eigenvalue weighted by molar-refractivity contribution is -0.127. The number of carbonyl (C=O) groups is 1. The van der Waals surface area contributed by atoms with E-state index in [0.717, 1.165) is 32.5 Å². The molecule has 1 heterocycles. The Kier molecular flexibility index (Phi) is 11.0. The fourth-order valence-corrected chi connectivity index (χ4v) is 2.88. The molecule has 2 rings (SSSR count). The molecule has 0 radical (unpaired) electrons. The molecule has 0 aliphatic carbocycles. The third-order valence-electron chi connectivity index (χ3n) is 4.46. The van der Waals surface area contributed by atoms with Crippen LogP contribution in [-0.2, 0) is 11.3 Å². The number of benzene rings is 1. The molecule has 2 N–H and O–H groups in total. The number of nitrogens with zero attached hydrogens (tertiary/aromatic N) is 3. The average Bonchev–Trinajstić information content (AvgIpc) is 2.65. The lowest BCUT2D eigenvalue weighted by Crippen LogP contribution is -2.48. The van der Waals surface area contributed by atoms with Crippen LogP contribution in [-0.4, -0.2) is 68.0 Å². The topological polar surface area (TPSA) is 60.0 Å². The molecule has 0 atom stereocenters. The van der Waals surface area contributed by atoms with Crippen LogP contribution in [0.4, 0.5) is 0 Å². The first kappa shape index (κ1) is 23.4. The summed E-state index contributed by atoms with van der Waals surface area (Å²) in [5.41, 5.74) is 1.36. The molecule has 1 saturated heterocycles. The molecular weight excluding hydrogens is 453 g/mol. The van der Waals surface area contributed by atoms with E-state index < -0.39 is 0 Å². The molecule has 27 heavy (non-hydrogen) atoms. The Balaban J connectivity index is 0.00000364. The molecule has 6 nitrogen and oxygen atoms in total. The highest BCUT2D eigenvalue weighted by atomic mass is 127. The van der Waals surface area contributed by atoms with Crippen molar-refractivity contribution in [2.45, 2.75) is 25.4 Å². The van der Waals surface area contributed by atoms with Crippen LogP contribution in [0.25, 0.3) is 0 Å². The van der Waals surface area contributed by atoms with Crippen molar-refractivity contribution in [3.8, 4) is 0 Å². The number of halogens is 1. The van der Waals surface area contributed by atoms with Crippen LogP contribution < -0.4 is 10.6 Å². The van der Waals surface area contributed by atoms with Crippen LogP contribution in [0, 0.1) is 0 Å². The maximum absolute atomic E-state index is 11.8. The Morgan fingerprint density at radius 1 is 1.30 bits per heavy atom. The van der Waals surface area contributed by atoms with Crippen molar-refractivity contribution in [1.82, 2.24) is 20.4 Å². The molecule has 150 valence electrons. The second-order valence-electron chi connectivity index (χ2n) is 6.80. The molecule has 1 fully saturated rings. The normalized spacial score (nSPS) is 15.6. The number of hydrogen-bond donors (Lipinski definition) is 2. The number of guanidine groups is 1. The Labute approximate surface area is 180 Å². The van der Waals surface area contributed by atoms with E-state index in [1.54, 1.807) is 25.1 Å². The SMILES string of the molecule is C=CCNC(=NCC(=O)N(C)C)NC1CCN(Cc2ccccc2)CC1.I. The van der Waals surface area contributed by atoms with E-state index in [1.165, 1.54) is 5.56 Å². The summed E-state index contributed by atoms with van der Waals surface area (Å²) in [5, 5.41) is 6.66. The van der Waals surface area contributed by atoms with Crippen LogP contribution in [0.1, 0.15) is 18.4 Å². The Morgan fingerprint density at radius 2 is 1.96 bits per heavy atom. The van der Waals surface area contributed by atoms with Gasteiger partial charge in [0.1, 0.15) is 6.54 Å². The van der Waals surface area contributed by atoms with Gasteiger partial charge in [-0.05, 0) is 18.4 Å². The maximum atomic E-state index is 11.8. The van der Waals surface area contributed by atoms with Gasteiger partial charge in [0.2, 0.25) is 5.91 Å². The molecule has 1 amide bonds. The van der Waals surface area contributed by atoms with E-state index in [-0.39, 0.29) is 36.4 Å². The van der Waals surface area contributed by atoms with Crippen molar-refractivity contribution >= 4 is 35.8 Å². The minimum atomic E-state index is -0.0117. The van der Waals surface area contributed by atoms with E-state index in [9.17, 15) is 4.79 Å². The molecular formula is C20H32IN5O. The van der Waals surface area contributed by atoms with Gasteiger partial charge in [0.25, 0.3) is 0 Å². The summed E-state index contributed by atoms with van der Waals surface area (Å²) in [5.74, 6) is 0.670. The van der Waals surface area contributed by atoms with Crippen molar-refractivity contribution in [1.29, 1.82) is 0 Å². The summed E-state index contributed by atoms with van der Waals surface area (Å²) in [6.07, 6.45) is 3.90. The van der Waals surface area contributed by atoms with Gasteiger partial charge >= 0.3 is 0 Å². The van der Waals surface area contributed by atoms with Gasteiger partial charge in [-0.25, -0.2) is 4.99 Å². The number of aliphatic imine (C=N–C) groups is 1. The summed E-state index contributed by atoms with van der Waals surface area (Å²) in [6.45, 7) is 7.60. The molecule has 0 unspecified atom stereocenters. The summed E-state index contributed by atoms with van der Waals surface area (Å²) < 4.78 is 0. The van der Waals surface area contributed by atoms with Gasteiger partial charge in [0, 0.05) is 46.3 Å². The molecule has 1 aliphatic heterocycles. The van der Waals surface area contributed by atoms with E-state index in [2.05, 4.69) is 57.4 Å². The van der Waals surface area contributed by atoms with Crippen molar-refractivity contribution < 1.29 is 4.79 Å². The van der Waals surface area contributed by atoms with E-state index in [1.807, 2.05) is 0 Å². The Hall–Kier alpha value is -1.61. The zero-order valence-corrected chi connectivity index (χ0v) is 18.7. The van der Waals surface area contributed by atoms with Gasteiger partial charge in [-0.15, -0.1) is 30.6 Å². The quantitative estimate of drug-likeness (QED) is 0.269. The number of amides is 1. The van der Waals surface area contributed by atoms with Crippen molar-refractivity contribution in [2.24, 2.45) is 4.99 Å². The highest BCUT2D eigenvalue weighted by molar-refractivity contribution is 14.0. The number of likely N-dealkylation sites (N-methyl/N-ethyl adjacent to an activating group) is 1. The first-order valence-electron chi connectivity index (χ1n) is 9.20. The monoisotopic (exact) mass is 485 g/mol. The smallest absolute Gasteiger partial charge is 0.243 e. The molecule has 0 aromatic heterocycles. The number of hydrogen-bond acceptors (Lipinski definition) is 3. The summed E-state index contributed by atoms with van der Waals surface area (Å²) in [4.78, 5) is 20.2. The van der Waals surface area contributed by atoms with Gasteiger partial charge < -0.3 is 15.5 Å². The second kappa shape index (κ2) is 12.7. The standard InChI is InChI=1S/C20H31N5O.HI/c1-4-12-21-20(22-15-19(26)24(2)3)23-18-10-13-25(14-11-18)16-17-8-6-5-7-9-17;/h4-9,18H,1,10-16H2,2-3H3,(H2,21,22,23);1H. The molecule has 0 spiro atoms. The van der Waals surface area contributed by atoms with Crippen molar-refractivity contribution in [3.63, 3.8) is 0 Å². The fraction of sp³-hybridized carbons (Fsp3) is 0.500. The minimum Gasteiger partial charge on any atom is -0.354 e. The Bertz CT molecular complexity index is 598. The zero-order chi connectivity index (χ0) is 18.8. The van der Waals surface area contributed by atoms with Gasteiger partial charge in [0.15, 0.2) is 5.96 Å². The third kappa shape index (κ3) is 8.75. The van der Waals surface area contributed by atoms with E-state index >= 15 is 0 Å². The van der Waals surface area contributed by atoms with Crippen LogP contribution in [0.2, 0.25) is 0 Å². The highest BCUT2D eigenvalue weighted by Crippen LogP contribution is 2.13. The number of rotatable bonds is 7. The highest BCUT2D eigenvalue weighted by Gasteiger charge is 2.20. The number of piperidine rings is 1. The van der Waals surface area contributed by atoms with Crippen LogP contribution >= 0.6 is 24.0 Å². The van der Waals surface area contributed by atoms with Crippen molar-refractivity contribution in [2.75, 3.05) is 40.3 Å². The molecule has 1 aromatic carbocycles. The van der Waals surface area contributed by atoms with Gasteiger partial charge in [0.05, 0.1) is 0 Å². The van der Waals surface area contributed by atoms with Gasteiger partial charge in [-0.2, -0.15) is 0 Å². The first-order valence-corrected chi connectivity index (χ1v) is 9.20. The molecule has 1 aromatic rings. The molecule has 1 aliphatic rings. The average molecular weight is 485 g/mol. The van der Waals surface area contributed by atoms with E-state index in [4.69, 9.17) is 0 Å². The maximum Gasteiger partial charge on any atom is 0.243 e. The van der Waals surface area contributed by atoms with Crippen LogP contribution in [0.5, 0.6) is 0 Å². The number of carbonyl (C=O) groups excluding carboxylic acids is 1. The molecule has 0 saturated carbocycles. The molecule has 7 heteroatoms. The zero-order valence-electron chi connectivity index (χ0n) is 16.4. The summed E-state index contributed by atoms with van der Waals surface area (Å²) in [7, 11) is 3.48. The van der Waals surface area contributed by atoms with Crippen LogP contribution in [0.15, 0.2) is 48.0 Å². The Morgan fingerprint density at radius 3 is 2.56 bits per heavy atom. The second-order valence-corrected chi connectivity index (χ2v) is 6.80. The third-order valence-corrected chi connectivity index (χ3v) is 4.46. The minimum absolute atomic E-state index is 0. The first-order chi connectivity index (χ1) is 12.6. The van der Waals surface area contributed by atoms with Crippen LogP contribution in [0.3, 0.4) is 0 Å². The predicted molar refractivity (Wildman–Crippen MR) is 122 cm³/mol. The van der Waals surface area contributed by atoms with Gasteiger partial charge in [-0.3, -0.25) is 9.69 Å². The van der Waals surface area contributed by atoms with Gasteiger partial charge in [-0.1, -0.05) is 36.4 Å². The van der Waals surface area contributed by atoms with E-state index in [0.29, 0.717) is 18.5 Å². The summed E-state index contributed by atoms with van der Waals surface area (Å²) >= 11 is 0. The van der Waals surface area contributed by atoms with Crippen molar-refractivity contribution in [3.05, 3.63) is 48.6 Å². The lowest BCUT2D eigenvalue weighted by atomic mass is 10.0. The summed E-state index contributed by atoms with van der Waals surface area (Å²) in [6, 6.07) is 11.0. The lowest BCUT2D eigenvalue weighted by Gasteiger charge is -2.33. The fourth-order valence-electron chi connectivity index (χ4n) is 2.88. The molecule has 0 bridgehead atoms.